The fraction of sp³-hybridized carbons (Fsp3) is 0.583. The summed E-state index contributed by atoms with van der Waals surface area (Å²) in [4.78, 5) is 0. The van der Waals surface area contributed by atoms with Gasteiger partial charge in [-0.25, -0.2) is 0 Å². The first-order valence-corrected chi connectivity index (χ1v) is 21.3. The second-order valence-electron chi connectivity index (χ2n) is 18.1. The molecule has 1 heterocycles. The number of aromatic hydroxyl groups is 2. The molecular weight excluding hydrogens is 689 g/mol. The van der Waals surface area contributed by atoms with Gasteiger partial charge in [-0.15, -0.1) is 0 Å². The molecule has 7 nitrogen and oxygen atoms in total. The van der Waals surface area contributed by atoms with E-state index in [-0.39, 0.29) is 30.3 Å². The van der Waals surface area contributed by atoms with Crippen molar-refractivity contribution < 1.29 is 34.6 Å². The predicted octanol–water partition coefficient (Wildman–Crippen LogP) is 10.1. The first kappa shape index (κ1) is 38.2. The number of hydrogen-bond donors (Lipinski definition) is 4. The molecule has 0 bridgehead atoms. The smallest absolute Gasteiger partial charge is 0.161 e. The lowest BCUT2D eigenvalue weighted by atomic mass is 9.65. The van der Waals surface area contributed by atoms with Gasteiger partial charge in [-0.3, -0.25) is 0 Å². The minimum atomic E-state index is -0.823. The summed E-state index contributed by atoms with van der Waals surface area (Å²) in [6.07, 6.45) is 17.7. The lowest BCUT2D eigenvalue weighted by Crippen LogP contribution is -2.34. The molecule has 0 saturated heterocycles. The molecule has 3 aromatic carbocycles. The second kappa shape index (κ2) is 15.7. The maximum atomic E-state index is 12.0. The fourth-order valence-corrected chi connectivity index (χ4v) is 11.4. The number of ether oxygens (including phenoxy) is 3. The molecule has 0 unspecified atom stereocenters. The van der Waals surface area contributed by atoms with E-state index in [9.17, 15) is 20.4 Å². The van der Waals surface area contributed by atoms with E-state index in [1.54, 1.807) is 13.2 Å². The number of hydrogen-bond acceptors (Lipinski definition) is 7. The van der Waals surface area contributed by atoms with Crippen LogP contribution in [0.25, 0.3) is 11.1 Å². The lowest BCUT2D eigenvalue weighted by Gasteiger charge is -2.42. The molecule has 2 saturated carbocycles. The summed E-state index contributed by atoms with van der Waals surface area (Å²) in [6.45, 7) is 6.78. The van der Waals surface area contributed by atoms with E-state index in [0.717, 1.165) is 96.2 Å². The van der Waals surface area contributed by atoms with Crippen LogP contribution in [0, 0.1) is 29.1 Å². The van der Waals surface area contributed by atoms with Gasteiger partial charge in [0.2, 0.25) is 0 Å². The molecule has 5 aliphatic rings. The number of benzene rings is 3. The molecule has 0 aromatic heterocycles. The van der Waals surface area contributed by atoms with Crippen molar-refractivity contribution in [1.82, 2.24) is 0 Å². The fourth-order valence-electron chi connectivity index (χ4n) is 11.4. The zero-order valence-corrected chi connectivity index (χ0v) is 33.4. The third-order valence-corrected chi connectivity index (χ3v) is 14.1. The van der Waals surface area contributed by atoms with Gasteiger partial charge in [0.15, 0.2) is 11.5 Å². The summed E-state index contributed by atoms with van der Waals surface area (Å²) in [5.41, 5.74) is 7.54. The van der Waals surface area contributed by atoms with Crippen molar-refractivity contribution in [3.05, 3.63) is 76.4 Å². The predicted molar refractivity (Wildman–Crippen MR) is 216 cm³/mol. The van der Waals surface area contributed by atoms with E-state index in [2.05, 4.69) is 39.0 Å². The Morgan fingerprint density at radius 1 is 0.945 bits per heavy atom. The standard InChI is InChI=1S/C48H62O7/c1-5-29-20-31(11-10-30(29)14-18-49)36-21-33-23-40(51)34(19-28(2)3)22-37(33)46-44(53-4)26-42-38(45(36)46)25-41(52)47(55-42)32-12-13-39(50)43(24-32)54-35-9-8-17-48(27-35)15-6-7-16-48/h10-13,22-24,26,28-31,35-36,41,47,49-52H,5-9,14-21,25,27H2,1-4H3/t29-,30-,31-,35+,36-,41-,47+/m1/s1. The first-order chi connectivity index (χ1) is 26.6. The topological polar surface area (TPSA) is 109 Å². The average molecular weight is 751 g/mol. The number of allylic oxidation sites excluding steroid dienone is 2. The molecule has 55 heavy (non-hydrogen) atoms. The van der Waals surface area contributed by atoms with E-state index in [0.29, 0.717) is 41.1 Å². The molecule has 0 amide bonds. The molecule has 8 rings (SSSR count). The number of aliphatic hydroxyl groups is 2. The van der Waals surface area contributed by atoms with Gasteiger partial charge in [0.25, 0.3) is 0 Å². The van der Waals surface area contributed by atoms with Crippen LogP contribution < -0.4 is 14.2 Å². The van der Waals surface area contributed by atoms with Crippen LogP contribution in [-0.4, -0.2) is 46.4 Å². The third kappa shape index (κ3) is 7.36. The van der Waals surface area contributed by atoms with Crippen molar-refractivity contribution in [3.63, 3.8) is 0 Å². The summed E-state index contributed by atoms with van der Waals surface area (Å²) >= 11 is 0. The highest BCUT2D eigenvalue weighted by Gasteiger charge is 2.43. The van der Waals surface area contributed by atoms with E-state index >= 15 is 0 Å². The average Bonchev–Trinajstić information content (AvgIpc) is 3.62. The molecule has 7 heteroatoms. The quantitative estimate of drug-likeness (QED) is 0.153. The zero-order valence-electron chi connectivity index (χ0n) is 33.4. The second-order valence-corrected chi connectivity index (χ2v) is 18.1. The normalized spacial score (nSPS) is 28.0. The van der Waals surface area contributed by atoms with Crippen molar-refractivity contribution in [2.75, 3.05) is 13.7 Å². The lowest BCUT2D eigenvalue weighted by molar-refractivity contribution is 0.0196. The highest BCUT2D eigenvalue weighted by Crippen LogP contribution is 2.56. The number of phenolic OH excluding ortho intramolecular Hbond substituents is 2. The van der Waals surface area contributed by atoms with Crippen molar-refractivity contribution >= 4 is 0 Å². The molecule has 4 N–H and O–H groups in total. The van der Waals surface area contributed by atoms with E-state index in [1.165, 1.54) is 37.7 Å². The largest absolute Gasteiger partial charge is 0.508 e. The Kier molecular flexibility index (Phi) is 10.9. The molecule has 0 radical (unpaired) electrons. The van der Waals surface area contributed by atoms with Gasteiger partial charge in [0.05, 0.1) is 19.3 Å². The maximum Gasteiger partial charge on any atom is 0.161 e. The molecule has 296 valence electrons. The Morgan fingerprint density at radius 2 is 1.75 bits per heavy atom. The Balaban J connectivity index is 1.17. The minimum Gasteiger partial charge on any atom is -0.508 e. The van der Waals surface area contributed by atoms with Gasteiger partial charge in [-0.05, 0) is 151 Å². The maximum absolute atomic E-state index is 12.0. The highest BCUT2D eigenvalue weighted by atomic mass is 16.5. The van der Waals surface area contributed by atoms with Crippen molar-refractivity contribution in [1.29, 1.82) is 0 Å². The van der Waals surface area contributed by atoms with Gasteiger partial charge in [0.1, 0.15) is 23.4 Å². The molecule has 4 aliphatic carbocycles. The van der Waals surface area contributed by atoms with Gasteiger partial charge in [-0.2, -0.15) is 0 Å². The molecule has 1 aliphatic heterocycles. The van der Waals surface area contributed by atoms with Gasteiger partial charge in [0, 0.05) is 30.2 Å². The van der Waals surface area contributed by atoms with Crippen LogP contribution >= 0.6 is 0 Å². The first-order valence-electron chi connectivity index (χ1n) is 21.3. The highest BCUT2D eigenvalue weighted by molar-refractivity contribution is 5.83. The van der Waals surface area contributed by atoms with E-state index in [1.807, 2.05) is 24.3 Å². The summed E-state index contributed by atoms with van der Waals surface area (Å²) < 4.78 is 19.7. The summed E-state index contributed by atoms with van der Waals surface area (Å²) in [5.74, 6) is 3.90. The Bertz CT molecular complexity index is 1890. The number of methoxy groups -OCH3 is 1. The molecule has 2 fully saturated rings. The third-order valence-electron chi connectivity index (χ3n) is 14.1. The Labute approximate surface area is 327 Å². The van der Waals surface area contributed by atoms with Gasteiger partial charge in [-0.1, -0.05) is 58.3 Å². The number of fused-ring (bicyclic) bond motifs is 5. The Hall–Kier alpha value is -3.68. The molecular formula is C48H62O7. The summed E-state index contributed by atoms with van der Waals surface area (Å²) in [5, 5.41) is 44.1. The minimum absolute atomic E-state index is 0.0737. The van der Waals surface area contributed by atoms with Crippen LogP contribution in [0.4, 0.5) is 0 Å². The van der Waals surface area contributed by atoms with Crippen molar-refractivity contribution in [3.8, 4) is 39.9 Å². The summed E-state index contributed by atoms with van der Waals surface area (Å²) in [6, 6.07) is 11.5. The van der Waals surface area contributed by atoms with E-state index < -0.39 is 12.2 Å². The van der Waals surface area contributed by atoms with Crippen LogP contribution in [0.1, 0.15) is 131 Å². The van der Waals surface area contributed by atoms with E-state index in [4.69, 9.17) is 14.2 Å². The van der Waals surface area contributed by atoms with Crippen LogP contribution in [0.3, 0.4) is 0 Å². The molecule has 7 atom stereocenters. The number of aliphatic hydroxyl groups excluding tert-OH is 2. The molecule has 1 spiro atoms. The van der Waals surface area contributed by atoms with Crippen LogP contribution in [0.15, 0.2) is 48.6 Å². The summed E-state index contributed by atoms with van der Waals surface area (Å²) in [7, 11) is 1.72. The molecule has 3 aromatic rings. The van der Waals surface area contributed by atoms with Crippen LogP contribution in [0.5, 0.6) is 28.7 Å². The Morgan fingerprint density at radius 3 is 2.49 bits per heavy atom. The SMILES string of the molecule is CC[C@@H]1C[C@H]([C@H]2Cc3cc(O)c(CC(C)C)cc3-c3c(OC)cc4c(c32)C[C@@H](O)[C@H](c2ccc(O)c(O[C@H]3CCCC5(CCCC5)C3)c2)O4)C=C[C@@H]1CCO. The number of phenols is 2. The van der Waals surface area contributed by atoms with Gasteiger partial charge >= 0.3 is 0 Å². The van der Waals surface area contributed by atoms with Crippen molar-refractivity contribution in [2.24, 2.45) is 29.1 Å². The van der Waals surface area contributed by atoms with Crippen molar-refractivity contribution in [2.45, 2.75) is 135 Å². The van der Waals surface area contributed by atoms with Crippen LogP contribution in [0.2, 0.25) is 0 Å². The number of rotatable bonds is 10. The van der Waals surface area contributed by atoms with Crippen LogP contribution in [-0.2, 0) is 19.3 Å². The van der Waals surface area contributed by atoms with Gasteiger partial charge < -0.3 is 34.6 Å². The zero-order chi connectivity index (χ0) is 38.4. The monoisotopic (exact) mass is 750 g/mol.